The second-order valence-corrected chi connectivity index (χ2v) is 8.99. The van der Waals surface area contributed by atoms with Gasteiger partial charge in [-0.15, -0.1) is 0 Å². The van der Waals surface area contributed by atoms with E-state index >= 15 is 0 Å². The van der Waals surface area contributed by atoms with Gasteiger partial charge in [-0.05, 0) is 57.5 Å². The van der Waals surface area contributed by atoms with Gasteiger partial charge in [0, 0.05) is 37.5 Å². The first-order chi connectivity index (χ1) is 13.1. The molecule has 152 valence electrons. The largest absolute Gasteiger partial charge is 0.475 e. The molecule has 1 N–H and O–H groups in total. The quantitative estimate of drug-likeness (QED) is 0.730. The van der Waals surface area contributed by atoms with E-state index in [1.165, 1.54) is 35.6 Å². The molecular weight excluding hydrogens is 378 g/mol. The number of amides is 1. The first-order valence-electron chi connectivity index (χ1n) is 9.09. The zero-order valence-electron chi connectivity index (χ0n) is 16.8. The summed E-state index contributed by atoms with van der Waals surface area (Å²) in [6.07, 6.45) is 1.69. The molecule has 1 heterocycles. The van der Waals surface area contributed by atoms with Crippen LogP contribution in [0.4, 0.5) is 0 Å². The molecule has 1 aromatic carbocycles. The molecule has 0 atom stereocenters. The highest BCUT2D eigenvalue weighted by atomic mass is 32.2. The molecule has 0 fully saturated rings. The van der Waals surface area contributed by atoms with Gasteiger partial charge in [-0.2, -0.15) is 4.31 Å². The Kier molecular flexibility index (Phi) is 7.15. The molecule has 2 aromatic rings. The Morgan fingerprint density at radius 3 is 2.25 bits per heavy atom. The van der Waals surface area contributed by atoms with Crippen LogP contribution in [0.5, 0.6) is 5.88 Å². The summed E-state index contributed by atoms with van der Waals surface area (Å²) < 4.78 is 31.7. The maximum Gasteiger partial charge on any atom is 0.251 e. The van der Waals surface area contributed by atoms with Gasteiger partial charge in [-0.3, -0.25) is 4.79 Å². The van der Waals surface area contributed by atoms with Gasteiger partial charge in [-0.1, -0.05) is 6.07 Å². The smallest absolute Gasteiger partial charge is 0.251 e. The highest BCUT2D eigenvalue weighted by molar-refractivity contribution is 7.89. The molecule has 0 saturated heterocycles. The predicted molar refractivity (Wildman–Crippen MR) is 108 cm³/mol. The number of aromatic nitrogens is 1. The van der Waals surface area contributed by atoms with Crippen LogP contribution in [-0.2, 0) is 16.6 Å². The van der Waals surface area contributed by atoms with Gasteiger partial charge in [0.2, 0.25) is 15.9 Å². The number of carbonyl (C=O) groups is 1. The molecule has 0 spiro atoms. The van der Waals surface area contributed by atoms with E-state index in [1.807, 2.05) is 19.9 Å². The van der Waals surface area contributed by atoms with Crippen LogP contribution < -0.4 is 10.1 Å². The van der Waals surface area contributed by atoms with E-state index in [9.17, 15) is 13.2 Å². The lowest BCUT2D eigenvalue weighted by molar-refractivity contribution is 0.0950. The molecule has 0 bridgehead atoms. The summed E-state index contributed by atoms with van der Waals surface area (Å²) in [5.74, 6) is 0.247. The van der Waals surface area contributed by atoms with Crippen molar-refractivity contribution in [3.05, 3.63) is 53.7 Å². The molecule has 0 aliphatic carbocycles. The molecule has 0 aliphatic heterocycles. The molecule has 1 amide bonds. The summed E-state index contributed by atoms with van der Waals surface area (Å²) in [6.45, 7) is 7.76. The monoisotopic (exact) mass is 405 g/mol. The average Bonchev–Trinajstić information content (AvgIpc) is 2.66. The minimum absolute atomic E-state index is 0.0464. The molecule has 2 rings (SSSR count). The van der Waals surface area contributed by atoms with Crippen LogP contribution in [0.15, 0.2) is 47.5 Å². The highest BCUT2D eigenvalue weighted by Crippen LogP contribution is 2.17. The van der Waals surface area contributed by atoms with Crippen molar-refractivity contribution in [1.29, 1.82) is 0 Å². The van der Waals surface area contributed by atoms with E-state index in [2.05, 4.69) is 10.3 Å². The fourth-order valence-corrected chi connectivity index (χ4v) is 3.70. The molecule has 8 heteroatoms. The summed E-state index contributed by atoms with van der Waals surface area (Å²) in [7, 11) is -2.03. The first-order valence-corrected chi connectivity index (χ1v) is 10.5. The Morgan fingerprint density at radius 2 is 1.75 bits per heavy atom. The second kappa shape index (κ2) is 9.16. The molecule has 0 radical (unpaired) electrons. The lowest BCUT2D eigenvalue weighted by atomic mass is 10.2. The number of hydrogen-bond donors (Lipinski definition) is 1. The summed E-state index contributed by atoms with van der Waals surface area (Å²) in [6, 6.07) is 9.35. The van der Waals surface area contributed by atoms with Crippen LogP contribution >= 0.6 is 0 Å². The van der Waals surface area contributed by atoms with Crippen LogP contribution in [0.3, 0.4) is 0 Å². The lowest BCUT2D eigenvalue weighted by Gasteiger charge is -2.21. The molecule has 0 aliphatic rings. The molecule has 7 nitrogen and oxygen atoms in total. The van der Waals surface area contributed by atoms with Gasteiger partial charge in [0.05, 0.1) is 11.0 Å². The van der Waals surface area contributed by atoms with Gasteiger partial charge in [0.15, 0.2) is 0 Å². The Morgan fingerprint density at radius 1 is 1.11 bits per heavy atom. The Hall–Kier alpha value is -2.45. The topological polar surface area (TPSA) is 88.6 Å². The normalized spacial score (nSPS) is 11.9. The minimum atomic E-state index is -3.57. The van der Waals surface area contributed by atoms with Gasteiger partial charge < -0.3 is 10.1 Å². The minimum Gasteiger partial charge on any atom is -0.475 e. The van der Waals surface area contributed by atoms with Crippen LogP contribution in [0.1, 0.15) is 43.6 Å². The number of ether oxygens (including phenoxy) is 1. The number of rotatable bonds is 8. The van der Waals surface area contributed by atoms with Gasteiger partial charge in [0.25, 0.3) is 5.91 Å². The zero-order valence-corrected chi connectivity index (χ0v) is 17.7. The highest BCUT2D eigenvalue weighted by Gasteiger charge is 2.23. The van der Waals surface area contributed by atoms with Crippen molar-refractivity contribution in [3.63, 3.8) is 0 Å². The molecule has 28 heavy (non-hydrogen) atoms. The van der Waals surface area contributed by atoms with Crippen molar-refractivity contribution >= 4 is 15.9 Å². The molecular formula is C20H27N3O4S. The SMILES string of the molecule is CC(C)Oc1ccc(CNC(=O)c2ccc(S(=O)(=O)N(C)C(C)C)cc2)cn1. The third kappa shape index (κ3) is 5.53. The standard InChI is InChI=1S/C20H27N3O4S/c1-14(2)23(5)28(25,26)18-9-7-17(8-10-18)20(24)22-13-16-6-11-19(21-12-16)27-15(3)4/h6-12,14-15H,13H2,1-5H3,(H,22,24). The van der Waals surface area contributed by atoms with E-state index in [0.717, 1.165) is 5.56 Å². The number of hydrogen-bond acceptors (Lipinski definition) is 5. The maximum absolute atomic E-state index is 12.5. The number of sulfonamides is 1. The van der Waals surface area contributed by atoms with E-state index in [4.69, 9.17) is 4.74 Å². The fraction of sp³-hybridized carbons (Fsp3) is 0.400. The predicted octanol–water partition coefficient (Wildman–Crippen LogP) is 2.83. The summed E-state index contributed by atoms with van der Waals surface area (Å²) in [5, 5.41) is 2.80. The third-order valence-electron chi connectivity index (χ3n) is 4.13. The maximum atomic E-state index is 12.5. The van der Waals surface area contributed by atoms with Crippen LogP contribution in [0, 0.1) is 0 Å². The number of nitrogens with zero attached hydrogens (tertiary/aromatic N) is 2. The Balaban J connectivity index is 2.00. The zero-order chi connectivity index (χ0) is 20.9. The van der Waals surface area contributed by atoms with Crippen LogP contribution in [0.2, 0.25) is 0 Å². The Bertz CT molecular complexity index is 892. The fourth-order valence-electron chi connectivity index (χ4n) is 2.33. The summed E-state index contributed by atoms with van der Waals surface area (Å²) >= 11 is 0. The molecule has 1 aromatic heterocycles. The first kappa shape index (κ1) is 21.8. The lowest BCUT2D eigenvalue weighted by Crippen LogP contribution is -2.33. The van der Waals surface area contributed by atoms with E-state index in [0.29, 0.717) is 18.0 Å². The van der Waals surface area contributed by atoms with Crippen molar-refractivity contribution in [2.75, 3.05) is 7.05 Å². The van der Waals surface area contributed by atoms with Gasteiger partial charge in [-0.25, -0.2) is 13.4 Å². The molecule has 0 saturated carbocycles. The van der Waals surface area contributed by atoms with Crippen molar-refractivity contribution in [3.8, 4) is 5.88 Å². The van der Waals surface area contributed by atoms with Crippen LogP contribution in [-0.4, -0.2) is 42.8 Å². The van der Waals surface area contributed by atoms with E-state index < -0.39 is 10.0 Å². The van der Waals surface area contributed by atoms with E-state index in [-0.39, 0.29) is 22.9 Å². The van der Waals surface area contributed by atoms with Gasteiger partial charge in [0.1, 0.15) is 0 Å². The number of pyridine rings is 1. The second-order valence-electron chi connectivity index (χ2n) is 6.99. The Labute approximate surface area is 166 Å². The van der Waals surface area contributed by atoms with E-state index in [1.54, 1.807) is 26.1 Å². The number of carbonyl (C=O) groups excluding carboxylic acids is 1. The number of benzene rings is 1. The third-order valence-corrected chi connectivity index (χ3v) is 6.18. The van der Waals surface area contributed by atoms with Gasteiger partial charge >= 0.3 is 0 Å². The van der Waals surface area contributed by atoms with Crippen molar-refractivity contribution < 1.29 is 17.9 Å². The average molecular weight is 406 g/mol. The van der Waals surface area contributed by atoms with Crippen molar-refractivity contribution in [2.45, 2.75) is 51.3 Å². The van der Waals surface area contributed by atoms with Crippen LogP contribution in [0.25, 0.3) is 0 Å². The summed E-state index contributed by atoms with van der Waals surface area (Å²) in [4.78, 5) is 16.7. The van der Waals surface area contributed by atoms with Crippen molar-refractivity contribution in [1.82, 2.24) is 14.6 Å². The molecule has 0 unspecified atom stereocenters. The van der Waals surface area contributed by atoms with Crippen molar-refractivity contribution in [2.24, 2.45) is 0 Å². The summed E-state index contributed by atoms with van der Waals surface area (Å²) in [5.41, 5.74) is 1.22. The number of nitrogens with one attached hydrogen (secondary N) is 1.